The SMILES string of the molecule is COc1ccncc1-c1cccc(N2CCC(CCNC(=O)OCc3cscn3)CC2)n1. The van der Waals surface area contributed by atoms with Crippen LogP contribution in [0.15, 0.2) is 47.5 Å². The second-order valence-electron chi connectivity index (χ2n) is 7.66. The fraction of sp³-hybridized carbons (Fsp3) is 0.391. The molecule has 1 saturated heterocycles. The Morgan fingerprint density at radius 1 is 1.28 bits per heavy atom. The van der Waals surface area contributed by atoms with Gasteiger partial charge < -0.3 is 19.7 Å². The number of aromatic nitrogens is 3. The molecule has 1 fully saturated rings. The third-order valence-electron chi connectivity index (χ3n) is 5.61. The van der Waals surface area contributed by atoms with Gasteiger partial charge in [0.1, 0.15) is 18.2 Å². The maximum Gasteiger partial charge on any atom is 0.407 e. The number of nitrogens with one attached hydrogen (secondary N) is 1. The molecule has 4 heterocycles. The number of alkyl carbamates (subject to hydrolysis) is 1. The molecule has 4 rings (SSSR count). The van der Waals surface area contributed by atoms with Crippen molar-refractivity contribution < 1.29 is 14.3 Å². The highest BCUT2D eigenvalue weighted by Crippen LogP contribution is 2.30. The van der Waals surface area contributed by atoms with Gasteiger partial charge in [0, 0.05) is 37.4 Å². The third kappa shape index (κ3) is 5.73. The predicted molar refractivity (Wildman–Crippen MR) is 124 cm³/mol. The standard InChI is InChI=1S/C23H27N5O3S/c1-30-21-6-9-24-13-19(21)20-3-2-4-22(27-20)28-11-7-17(8-12-28)5-10-25-23(29)31-14-18-15-32-16-26-18/h2-4,6,9,13,15-17H,5,7-8,10-12,14H2,1H3,(H,25,29). The normalized spacial score (nSPS) is 14.2. The second-order valence-corrected chi connectivity index (χ2v) is 8.38. The van der Waals surface area contributed by atoms with Gasteiger partial charge in [-0.2, -0.15) is 0 Å². The lowest BCUT2D eigenvalue weighted by Gasteiger charge is -2.33. The Kier molecular flexibility index (Phi) is 7.50. The molecule has 0 bridgehead atoms. The van der Waals surface area contributed by atoms with Crippen LogP contribution in [0.25, 0.3) is 11.3 Å². The Morgan fingerprint density at radius 2 is 2.16 bits per heavy atom. The molecule has 9 heteroatoms. The largest absolute Gasteiger partial charge is 0.496 e. The lowest BCUT2D eigenvalue weighted by atomic mass is 9.93. The van der Waals surface area contributed by atoms with Crippen LogP contribution in [0, 0.1) is 5.92 Å². The molecule has 1 amide bonds. The van der Waals surface area contributed by atoms with Crippen LogP contribution in [-0.4, -0.2) is 47.8 Å². The van der Waals surface area contributed by atoms with Gasteiger partial charge in [-0.25, -0.2) is 14.8 Å². The molecular weight excluding hydrogens is 426 g/mol. The van der Waals surface area contributed by atoms with Gasteiger partial charge in [-0.3, -0.25) is 4.98 Å². The molecule has 0 saturated carbocycles. The monoisotopic (exact) mass is 453 g/mol. The molecule has 0 aliphatic carbocycles. The Labute approximate surface area is 191 Å². The Balaban J connectivity index is 1.23. The summed E-state index contributed by atoms with van der Waals surface area (Å²) in [5.41, 5.74) is 4.25. The van der Waals surface area contributed by atoms with E-state index in [0.29, 0.717) is 12.5 Å². The fourth-order valence-corrected chi connectivity index (χ4v) is 4.37. The van der Waals surface area contributed by atoms with Crippen LogP contribution in [0.3, 0.4) is 0 Å². The van der Waals surface area contributed by atoms with Gasteiger partial charge >= 0.3 is 6.09 Å². The maximum absolute atomic E-state index is 11.8. The zero-order valence-electron chi connectivity index (χ0n) is 18.1. The van der Waals surface area contributed by atoms with Crippen LogP contribution in [0.2, 0.25) is 0 Å². The Morgan fingerprint density at radius 3 is 2.94 bits per heavy atom. The summed E-state index contributed by atoms with van der Waals surface area (Å²) in [6, 6.07) is 7.90. The Hall–Kier alpha value is -3.20. The fourth-order valence-electron chi connectivity index (χ4n) is 3.83. The van der Waals surface area contributed by atoms with Crippen molar-refractivity contribution in [2.45, 2.75) is 25.9 Å². The van der Waals surface area contributed by atoms with Crippen LogP contribution in [0.4, 0.5) is 10.6 Å². The molecule has 0 spiro atoms. The molecule has 0 atom stereocenters. The summed E-state index contributed by atoms with van der Waals surface area (Å²) in [5.74, 6) is 2.31. The van der Waals surface area contributed by atoms with Gasteiger partial charge in [0.25, 0.3) is 0 Å². The first-order chi connectivity index (χ1) is 15.7. The average molecular weight is 454 g/mol. The van der Waals surface area contributed by atoms with E-state index in [-0.39, 0.29) is 12.7 Å². The molecule has 0 unspecified atom stereocenters. The smallest absolute Gasteiger partial charge is 0.407 e. The summed E-state index contributed by atoms with van der Waals surface area (Å²) < 4.78 is 10.6. The molecule has 3 aromatic heterocycles. The first-order valence-corrected chi connectivity index (χ1v) is 11.7. The molecule has 3 aromatic rings. The number of nitrogens with zero attached hydrogens (tertiary/aromatic N) is 4. The van der Waals surface area contributed by atoms with Crippen molar-refractivity contribution in [3.8, 4) is 17.0 Å². The van der Waals surface area contributed by atoms with Gasteiger partial charge in [0.2, 0.25) is 0 Å². The van der Waals surface area contributed by atoms with Gasteiger partial charge in [-0.05, 0) is 43.4 Å². The van der Waals surface area contributed by atoms with E-state index in [2.05, 4.69) is 20.2 Å². The van der Waals surface area contributed by atoms with Crippen molar-refractivity contribution in [2.75, 3.05) is 31.6 Å². The number of thiazole rings is 1. The van der Waals surface area contributed by atoms with Gasteiger partial charge in [-0.15, -0.1) is 11.3 Å². The van der Waals surface area contributed by atoms with E-state index in [0.717, 1.165) is 60.9 Å². The minimum absolute atomic E-state index is 0.213. The molecule has 0 radical (unpaired) electrons. The molecule has 8 nitrogen and oxygen atoms in total. The first kappa shape index (κ1) is 22.0. The number of hydrogen-bond donors (Lipinski definition) is 1. The summed E-state index contributed by atoms with van der Waals surface area (Å²) in [6.07, 6.45) is 6.19. The summed E-state index contributed by atoms with van der Waals surface area (Å²) in [6.45, 7) is 2.72. The van der Waals surface area contributed by atoms with Crippen molar-refractivity contribution in [2.24, 2.45) is 5.92 Å². The van der Waals surface area contributed by atoms with Crippen LogP contribution in [-0.2, 0) is 11.3 Å². The number of pyridine rings is 2. The van der Waals surface area contributed by atoms with E-state index in [1.165, 1.54) is 11.3 Å². The van der Waals surface area contributed by atoms with Crippen molar-refractivity contribution in [1.82, 2.24) is 20.3 Å². The first-order valence-electron chi connectivity index (χ1n) is 10.7. The highest BCUT2D eigenvalue weighted by Gasteiger charge is 2.21. The summed E-state index contributed by atoms with van der Waals surface area (Å²) >= 11 is 1.49. The maximum atomic E-state index is 11.8. The molecule has 0 aromatic carbocycles. The van der Waals surface area contributed by atoms with E-state index in [1.807, 2.05) is 29.6 Å². The second kappa shape index (κ2) is 10.9. The predicted octanol–water partition coefficient (Wildman–Crippen LogP) is 4.14. The number of piperidine rings is 1. The van der Waals surface area contributed by atoms with Crippen LogP contribution in [0.1, 0.15) is 25.0 Å². The molecule has 1 N–H and O–H groups in total. The van der Waals surface area contributed by atoms with Crippen LogP contribution in [0.5, 0.6) is 5.75 Å². The van der Waals surface area contributed by atoms with Crippen LogP contribution < -0.4 is 15.0 Å². The van der Waals surface area contributed by atoms with E-state index in [1.54, 1.807) is 25.0 Å². The number of carbonyl (C=O) groups excluding carboxylic acids is 1. The van der Waals surface area contributed by atoms with Crippen molar-refractivity contribution >= 4 is 23.2 Å². The van der Waals surface area contributed by atoms with E-state index in [9.17, 15) is 4.79 Å². The van der Waals surface area contributed by atoms with E-state index >= 15 is 0 Å². The van der Waals surface area contributed by atoms with Gasteiger partial charge in [0.15, 0.2) is 0 Å². The zero-order chi connectivity index (χ0) is 22.2. The number of carbonyl (C=O) groups is 1. The quantitative estimate of drug-likeness (QED) is 0.548. The third-order valence-corrected chi connectivity index (χ3v) is 6.24. The number of rotatable bonds is 8. The number of anilines is 1. The van der Waals surface area contributed by atoms with E-state index in [4.69, 9.17) is 14.5 Å². The molecule has 1 aliphatic rings. The summed E-state index contributed by atoms with van der Waals surface area (Å²) in [5, 5.41) is 4.72. The lowest BCUT2D eigenvalue weighted by molar-refractivity contribution is 0.137. The highest BCUT2D eigenvalue weighted by molar-refractivity contribution is 7.07. The number of methoxy groups -OCH3 is 1. The molecular formula is C23H27N5O3S. The van der Waals surface area contributed by atoms with Gasteiger partial charge in [-0.1, -0.05) is 6.07 Å². The van der Waals surface area contributed by atoms with Crippen LogP contribution >= 0.6 is 11.3 Å². The van der Waals surface area contributed by atoms with Crippen molar-refractivity contribution in [1.29, 1.82) is 0 Å². The summed E-state index contributed by atoms with van der Waals surface area (Å²) in [7, 11) is 1.66. The Bertz CT molecular complexity index is 1010. The van der Waals surface area contributed by atoms with Gasteiger partial charge in [0.05, 0.1) is 29.6 Å². The highest BCUT2D eigenvalue weighted by atomic mass is 32.1. The number of hydrogen-bond acceptors (Lipinski definition) is 8. The minimum Gasteiger partial charge on any atom is -0.496 e. The lowest BCUT2D eigenvalue weighted by Crippen LogP contribution is -2.35. The van der Waals surface area contributed by atoms with Crippen molar-refractivity contribution in [3.63, 3.8) is 0 Å². The topological polar surface area (TPSA) is 89.5 Å². The van der Waals surface area contributed by atoms with Crippen molar-refractivity contribution in [3.05, 3.63) is 53.2 Å². The minimum atomic E-state index is -0.387. The zero-order valence-corrected chi connectivity index (χ0v) is 18.9. The summed E-state index contributed by atoms with van der Waals surface area (Å²) in [4.78, 5) is 27.3. The molecule has 1 aliphatic heterocycles. The molecule has 168 valence electrons. The number of amides is 1. The average Bonchev–Trinajstić information content (AvgIpc) is 3.37. The van der Waals surface area contributed by atoms with E-state index < -0.39 is 0 Å². The molecule has 32 heavy (non-hydrogen) atoms. The number of ether oxygens (including phenoxy) is 2.